The van der Waals surface area contributed by atoms with Gasteiger partial charge in [-0.05, 0) is 55.2 Å². The molecule has 0 unspecified atom stereocenters. The Morgan fingerprint density at radius 2 is 1.88 bits per heavy atom. The summed E-state index contributed by atoms with van der Waals surface area (Å²) >= 11 is 0. The van der Waals surface area contributed by atoms with E-state index < -0.39 is 0 Å². The van der Waals surface area contributed by atoms with Gasteiger partial charge in [0.25, 0.3) is 0 Å². The van der Waals surface area contributed by atoms with Gasteiger partial charge in [0.2, 0.25) is 0 Å². The molecular formula is C15H16N2. The van der Waals surface area contributed by atoms with Crippen molar-refractivity contribution in [1.29, 1.82) is 5.41 Å². The lowest BCUT2D eigenvalue weighted by molar-refractivity contribution is 1.25. The van der Waals surface area contributed by atoms with Gasteiger partial charge in [-0.2, -0.15) is 0 Å². The average molecular weight is 224 g/mol. The van der Waals surface area contributed by atoms with Gasteiger partial charge in [0, 0.05) is 18.0 Å². The van der Waals surface area contributed by atoms with E-state index in [9.17, 15) is 0 Å². The average Bonchev–Trinajstić information content (AvgIpc) is 2.30. The van der Waals surface area contributed by atoms with Crippen molar-refractivity contribution < 1.29 is 0 Å². The fourth-order valence-corrected chi connectivity index (χ4v) is 2.33. The van der Waals surface area contributed by atoms with E-state index in [1.54, 1.807) is 6.20 Å². The Balaban J connectivity index is 2.74. The number of benzene rings is 1. The Labute approximate surface area is 102 Å². The molecule has 0 radical (unpaired) electrons. The van der Waals surface area contributed by atoms with Crippen molar-refractivity contribution in [1.82, 2.24) is 4.98 Å². The highest BCUT2D eigenvalue weighted by Crippen LogP contribution is 2.29. The SMILES string of the molecule is Cc1cc(C)c(-c2ccccn2)c(C)c1C=N. The van der Waals surface area contributed by atoms with Crippen LogP contribution in [-0.4, -0.2) is 11.2 Å². The molecule has 0 bridgehead atoms. The molecule has 0 saturated carbocycles. The van der Waals surface area contributed by atoms with Gasteiger partial charge in [-0.15, -0.1) is 0 Å². The normalized spacial score (nSPS) is 10.3. The first-order chi connectivity index (χ1) is 8.15. The summed E-state index contributed by atoms with van der Waals surface area (Å²) in [7, 11) is 0. The molecule has 0 fully saturated rings. The van der Waals surface area contributed by atoms with E-state index in [2.05, 4.69) is 24.9 Å². The lowest BCUT2D eigenvalue weighted by Gasteiger charge is -2.14. The fraction of sp³-hybridized carbons (Fsp3) is 0.200. The van der Waals surface area contributed by atoms with Crippen LogP contribution in [0.2, 0.25) is 0 Å². The van der Waals surface area contributed by atoms with E-state index in [0.29, 0.717) is 0 Å². The van der Waals surface area contributed by atoms with Crippen molar-refractivity contribution in [3.8, 4) is 11.3 Å². The van der Waals surface area contributed by atoms with Gasteiger partial charge in [-0.25, -0.2) is 0 Å². The molecule has 1 aromatic carbocycles. The van der Waals surface area contributed by atoms with Crippen LogP contribution in [0.4, 0.5) is 0 Å². The highest BCUT2D eigenvalue weighted by molar-refractivity contribution is 5.86. The zero-order valence-corrected chi connectivity index (χ0v) is 10.4. The van der Waals surface area contributed by atoms with E-state index in [4.69, 9.17) is 5.41 Å². The summed E-state index contributed by atoms with van der Waals surface area (Å²) < 4.78 is 0. The maximum atomic E-state index is 7.51. The molecule has 0 saturated heterocycles. The van der Waals surface area contributed by atoms with Crippen molar-refractivity contribution in [3.05, 3.63) is 52.7 Å². The Morgan fingerprint density at radius 1 is 1.12 bits per heavy atom. The predicted octanol–water partition coefficient (Wildman–Crippen LogP) is 3.67. The third kappa shape index (κ3) is 1.98. The smallest absolute Gasteiger partial charge is 0.0707 e. The number of pyridine rings is 1. The monoisotopic (exact) mass is 224 g/mol. The summed E-state index contributed by atoms with van der Waals surface area (Å²) in [6.45, 7) is 6.20. The molecule has 0 aliphatic heterocycles. The molecule has 1 heterocycles. The number of nitrogens with one attached hydrogen (secondary N) is 1. The molecule has 0 aliphatic rings. The minimum atomic E-state index is 0.977. The highest BCUT2D eigenvalue weighted by atomic mass is 14.7. The predicted molar refractivity (Wildman–Crippen MR) is 71.8 cm³/mol. The van der Waals surface area contributed by atoms with Crippen LogP contribution in [0.3, 0.4) is 0 Å². The van der Waals surface area contributed by atoms with Gasteiger partial charge in [0.1, 0.15) is 0 Å². The third-order valence-corrected chi connectivity index (χ3v) is 3.10. The minimum absolute atomic E-state index is 0.977. The summed E-state index contributed by atoms with van der Waals surface area (Å²) in [6, 6.07) is 8.04. The Hall–Kier alpha value is -1.96. The van der Waals surface area contributed by atoms with Crippen molar-refractivity contribution in [2.24, 2.45) is 0 Å². The largest absolute Gasteiger partial charge is 0.308 e. The van der Waals surface area contributed by atoms with Crippen molar-refractivity contribution in [3.63, 3.8) is 0 Å². The van der Waals surface area contributed by atoms with Gasteiger partial charge >= 0.3 is 0 Å². The van der Waals surface area contributed by atoms with Crippen LogP contribution in [0, 0.1) is 26.2 Å². The fourth-order valence-electron chi connectivity index (χ4n) is 2.33. The third-order valence-electron chi connectivity index (χ3n) is 3.10. The summed E-state index contributed by atoms with van der Waals surface area (Å²) in [5.41, 5.74) is 6.62. The molecule has 86 valence electrons. The molecule has 1 N–H and O–H groups in total. The Bertz CT molecular complexity index is 557. The van der Waals surface area contributed by atoms with Crippen LogP contribution in [-0.2, 0) is 0 Å². The number of aryl methyl sites for hydroxylation is 2. The van der Waals surface area contributed by atoms with Crippen LogP contribution in [0.25, 0.3) is 11.3 Å². The van der Waals surface area contributed by atoms with Gasteiger partial charge in [0.15, 0.2) is 0 Å². The van der Waals surface area contributed by atoms with Crippen LogP contribution in [0.5, 0.6) is 0 Å². The second-order valence-corrected chi connectivity index (χ2v) is 4.28. The van der Waals surface area contributed by atoms with Gasteiger partial charge < -0.3 is 5.41 Å². The molecule has 2 rings (SSSR count). The molecule has 1 aromatic heterocycles. The summed E-state index contributed by atoms with van der Waals surface area (Å²) in [5, 5.41) is 7.51. The van der Waals surface area contributed by atoms with E-state index in [-0.39, 0.29) is 0 Å². The van der Waals surface area contributed by atoms with Crippen LogP contribution in [0.1, 0.15) is 22.3 Å². The van der Waals surface area contributed by atoms with Crippen LogP contribution < -0.4 is 0 Å². The molecule has 2 aromatic rings. The first kappa shape index (κ1) is 11.5. The van der Waals surface area contributed by atoms with Gasteiger partial charge in [-0.1, -0.05) is 12.1 Å². The topological polar surface area (TPSA) is 36.7 Å². The van der Waals surface area contributed by atoms with Crippen molar-refractivity contribution in [2.75, 3.05) is 0 Å². The maximum absolute atomic E-state index is 7.51. The molecule has 17 heavy (non-hydrogen) atoms. The lowest BCUT2D eigenvalue weighted by Crippen LogP contribution is -1.98. The molecule has 2 nitrogen and oxygen atoms in total. The number of aromatic nitrogens is 1. The van der Waals surface area contributed by atoms with E-state index in [1.165, 1.54) is 11.8 Å². The van der Waals surface area contributed by atoms with Crippen molar-refractivity contribution in [2.45, 2.75) is 20.8 Å². The van der Waals surface area contributed by atoms with Gasteiger partial charge in [-0.3, -0.25) is 4.98 Å². The number of nitrogens with zero attached hydrogens (tertiary/aromatic N) is 1. The number of hydrogen-bond acceptors (Lipinski definition) is 2. The molecule has 0 spiro atoms. The first-order valence-electron chi connectivity index (χ1n) is 5.68. The quantitative estimate of drug-likeness (QED) is 0.776. The minimum Gasteiger partial charge on any atom is -0.308 e. The van der Waals surface area contributed by atoms with E-state index in [1.807, 2.05) is 25.1 Å². The second-order valence-electron chi connectivity index (χ2n) is 4.28. The number of rotatable bonds is 2. The first-order valence-corrected chi connectivity index (χ1v) is 5.68. The summed E-state index contributed by atoms with van der Waals surface area (Å²) in [6.07, 6.45) is 3.23. The van der Waals surface area contributed by atoms with Crippen LogP contribution >= 0.6 is 0 Å². The van der Waals surface area contributed by atoms with E-state index >= 15 is 0 Å². The molecule has 0 aliphatic carbocycles. The zero-order valence-electron chi connectivity index (χ0n) is 10.4. The lowest BCUT2D eigenvalue weighted by atomic mass is 9.92. The highest BCUT2D eigenvalue weighted by Gasteiger charge is 2.11. The van der Waals surface area contributed by atoms with E-state index in [0.717, 1.165) is 27.9 Å². The Kier molecular flexibility index (Phi) is 3.05. The standard InChI is InChI=1S/C15H16N2/c1-10-8-11(2)15(12(3)13(10)9-16)14-6-4-5-7-17-14/h4-9,16H,1-3H3. The van der Waals surface area contributed by atoms with Gasteiger partial charge in [0.05, 0.1) is 5.69 Å². The van der Waals surface area contributed by atoms with Crippen LogP contribution in [0.15, 0.2) is 30.5 Å². The Morgan fingerprint density at radius 3 is 2.47 bits per heavy atom. The summed E-state index contributed by atoms with van der Waals surface area (Å²) in [5.74, 6) is 0. The molecule has 2 heteroatoms. The van der Waals surface area contributed by atoms with Crippen molar-refractivity contribution >= 4 is 6.21 Å². The number of hydrogen-bond donors (Lipinski definition) is 1. The second kappa shape index (κ2) is 4.50. The molecular weight excluding hydrogens is 208 g/mol. The summed E-state index contributed by atoms with van der Waals surface area (Å²) in [4.78, 5) is 4.40. The zero-order chi connectivity index (χ0) is 12.4. The molecule has 0 atom stereocenters. The maximum Gasteiger partial charge on any atom is 0.0707 e. The molecule has 0 amide bonds.